The van der Waals surface area contributed by atoms with Crippen LogP contribution in [0.15, 0.2) is 61.2 Å². The summed E-state index contributed by atoms with van der Waals surface area (Å²) in [6.45, 7) is 0.584. The molecule has 3 aromatic heterocycles. The molecule has 1 N–H and O–H groups in total. The average molecular weight is 317 g/mol. The predicted molar refractivity (Wildman–Crippen MR) is 89.3 cm³/mol. The Bertz CT molecular complexity index is 880. The van der Waals surface area contributed by atoms with Gasteiger partial charge in [0.05, 0.1) is 12.5 Å². The van der Waals surface area contributed by atoms with Crippen molar-refractivity contribution in [3.8, 4) is 6.07 Å². The normalized spacial score (nSPS) is 10.1. The number of pyridine rings is 2. The van der Waals surface area contributed by atoms with Gasteiger partial charge in [0.25, 0.3) is 5.91 Å². The fraction of sp³-hybridized carbons (Fsp3) is 0.111. The molecule has 3 heterocycles. The molecule has 0 aromatic carbocycles. The Balaban J connectivity index is 1.75. The lowest BCUT2D eigenvalue weighted by Crippen LogP contribution is -2.18. The van der Waals surface area contributed by atoms with Crippen LogP contribution in [0.2, 0.25) is 0 Å². The van der Waals surface area contributed by atoms with Gasteiger partial charge in [-0.2, -0.15) is 5.26 Å². The van der Waals surface area contributed by atoms with Gasteiger partial charge >= 0.3 is 0 Å². The number of anilines is 1. The first kappa shape index (κ1) is 15.4. The Morgan fingerprint density at radius 2 is 1.96 bits per heavy atom. The van der Waals surface area contributed by atoms with Gasteiger partial charge in [-0.25, -0.2) is 4.98 Å². The molecule has 0 aliphatic heterocycles. The van der Waals surface area contributed by atoms with Crippen molar-refractivity contribution in [2.24, 2.45) is 0 Å². The molecule has 0 aliphatic rings. The topological polar surface area (TPSA) is 83.6 Å². The van der Waals surface area contributed by atoms with Crippen LogP contribution in [0.1, 0.15) is 21.6 Å². The molecule has 0 radical (unpaired) electrons. The van der Waals surface area contributed by atoms with E-state index in [2.05, 4.69) is 21.4 Å². The molecule has 0 atom stereocenters. The first-order valence-corrected chi connectivity index (χ1v) is 7.43. The molecular weight excluding hydrogens is 302 g/mol. The molecule has 3 aromatic rings. The van der Waals surface area contributed by atoms with Crippen molar-refractivity contribution in [1.29, 1.82) is 5.26 Å². The van der Waals surface area contributed by atoms with Crippen molar-refractivity contribution in [3.63, 3.8) is 0 Å². The number of amides is 1. The maximum atomic E-state index is 12.5. The van der Waals surface area contributed by atoms with Crippen molar-refractivity contribution in [2.45, 2.75) is 13.0 Å². The first-order chi connectivity index (χ1) is 11.8. The number of rotatable bonds is 5. The van der Waals surface area contributed by atoms with Crippen LogP contribution < -0.4 is 5.32 Å². The minimum absolute atomic E-state index is 0.240. The summed E-state index contributed by atoms with van der Waals surface area (Å²) in [6, 6.07) is 13.0. The lowest BCUT2D eigenvalue weighted by molar-refractivity contribution is 0.101. The Morgan fingerprint density at radius 1 is 1.17 bits per heavy atom. The molecule has 0 aliphatic carbocycles. The summed E-state index contributed by atoms with van der Waals surface area (Å²) in [7, 11) is 0. The van der Waals surface area contributed by atoms with Crippen LogP contribution in [0.25, 0.3) is 0 Å². The van der Waals surface area contributed by atoms with E-state index in [1.807, 2.05) is 29.0 Å². The van der Waals surface area contributed by atoms with E-state index in [-0.39, 0.29) is 12.3 Å². The summed E-state index contributed by atoms with van der Waals surface area (Å²) < 4.78 is 1.86. The standard InChI is InChI=1S/C18H15N5O/c19-7-3-14-6-10-21-17(12-14)22-18(24)16-2-1-11-23(16)13-15-4-8-20-9-5-15/h1-2,4-6,8-12H,3,13H2,(H,21,22,24). The van der Waals surface area contributed by atoms with E-state index in [4.69, 9.17) is 5.26 Å². The maximum Gasteiger partial charge on any atom is 0.273 e. The molecule has 1 amide bonds. The molecule has 0 bridgehead atoms. The Hall–Kier alpha value is -3.46. The molecule has 118 valence electrons. The third kappa shape index (κ3) is 3.65. The first-order valence-electron chi connectivity index (χ1n) is 7.43. The molecule has 0 saturated carbocycles. The summed E-state index contributed by atoms with van der Waals surface area (Å²) in [6.07, 6.45) is 7.17. The number of carbonyl (C=O) groups excluding carboxylic acids is 1. The van der Waals surface area contributed by atoms with Crippen LogP contribution in [-0.2, 0) is 13.0 Å². The van der Waals surface area contributed by atoms with Crippen LogP contribution in [0.5, 0.6) is 0 Å². The molecule has 0 spiro atoms. The maximum absolute atomic E-state index is 12.5. The minimum Gasteiger partial charge on any atom is -0.339 e. The van der Waals surface area contributed by atoms with Gasteiger partial charge in [-0.05, 0) is 47.5 Å². The van der Waals surface area contributed by atoms with E-state index in [0.717, 1.165) is 11.1 Å². The lowest BCUT2D eigenvalue weighted by Gasteiger charge is -2.10. The third-order valence-electron chi connectivity index (χ3n) is 3.51. The van der Waals surface area contributed by atoms with E-state index in [9.17, 15) is 4.79 Å². The van der Waals surface area contributed by atoms with Crippen molar-refractivity contribution in [1.82, 2.24) is 14.5 Å². The molecule has 0 unspecified atom stereocenters. The Kier molecular flexibility index (Phi) is 4.63. The SMILES string of the molecule is N#CCc1ccnc(NC(=O)c2cccn2Cc2ccncc2)c1. The van der Waals surface area contributed by atoms with Crippen LogP contribution in [0.4, 0.5) is 5.82 Å². The molecule has 0 saturated heterocycles. The van der Waals surface area contributed by atoms with Gasteiger partial charge in [0.1, 0.15) is 11.5 Å². The van der Waals surface area contributed by atoms with E-state index < -0.39 is 0 Å². The number of nitrogens with one attached hydrogen (secondary N) is 1. The van der Waals surface area contributed by atoms with Gasteiger partial charge in [0.2, 0.25) is 0 Å². The van der Waals surface area contributed by atoms with Gasteiger partial charge in [0, 0.05) is 31.3 Å². The number of aromatic nitrogens is 3. The number of hydrogen-bond acceptors (Lipinski definition) is 4. The zero-order valence-corrected chi connectivity index (χ0v) is 12.9. The average Bonchev–Trinajstić information content (AvgIpc) is 3.05. The minimum atomic E-state index is -0.240. The van der Waals surface area contributed by atoms with Gasteiger partial charge in [-0.1, -0.05) is 0 Å². The molecule has 6 heteroatoms. The Morgan fingerprint density at radius 3 is 2.75 bits per heavy atom. The highest BCUT2D eigenvalue weighted by Gasteiger charge is 2.12. The predicted octanol–water partition coefficient (Wildman–Crippen LogP) is 2.64. The fourth-order valence-electron chi connectivity index (χ4n) is 2.37. The largest absolute Gasteiger partial charge is 0.339 e. The van der Waals surface area contributed by atoms with Gasteiger partial charge in [0.15, 0.2) is 0 Å². The highest BCUT2D eigenvalue weighted by molar-refractivity contribution is 6.02. The van der Waals surface area contributed by atoms with Crippen LogP contribution >= 0.6 is 0 Å². The number of hydrogen-bond donors (Lipinski definition) is 1. The molecule has 24 heavy (non-hydrogen) atoms. The van der Waals surface area contributed by atoms with Crippen molar-refractivity contribution in [2.75, 3.05) is 5.32 Å². The van der Waals surface area contributed by atoms with Crippen LogP contribution in [0.3, 0.4) is 0 Å². The van der Waals surface area contributed by atoms with Crippen molar-refractivity contribution in [3.05, 3.63) is 78.0 Å². The third-order valence-corrected chi connectivity index (χ3v) is 3.51. The Labute approximate surface area is 139 Å². The van der Waals surface area contributed by atoms with E-state index in [0.29, 0.717) is 18.1 Å². The van der Waals surface area contributed by atoms with E-state index in [1.165, 1.54) is 0 Å². The zero-order valence-electron chi connectivity index (χ0n) is 12.9. The summed E-state index contributed by atoms with van der Waals surface area (Å²) in [4.78, 5) is 20.6. The lowest BCUT2D eigenvalue weighted by atomic mass is 10.2. The molecule has 3 rings (SSSR count). The quantitative estimate of drug-likeness (QED) is 0.784. The summed E-state index contributed by atoms with van der Waals surface area (Å²) >= 11 is 0. The molecular formula is C18H15N5O. The molecule has 6 nitrogen and oxygen atoms in total. The van der Waals surface area contributed by atoms with E-state index in [1.54, 1.807) is 36.8 Å². The number of carbonyl (C=O) groups is 1. The van der Waals surface area contributed by atoms with Crippen LogP contribution in [-0.4, -0.2) is 20.4 Å². The number of nitrogens with zero attached hydrogens (tertiary/aromatic N) is 4. The summed E-state index contributed by atoms with van der Waals surface area (Å²) in [5.74, 6) is 0.195. The second kappa shape index (κ2) is 7.20. The van der Waals surface area contributed by atoms with Gasteiger partial charge in [-0.3, -0.25) is 9.78 Å². The van der Waals surface area contributed by atoms with Gasteiger partial charge < -0.3 is 9.88 Å². The van der Waals surface area contributed by atoms with Gasteiger partial charge in [-0.15, -0.1) is 0 Å². The summed E-state index contributed by atoms with van der Waals surface area (Å²) in [5, 5.41) is 11.5. The second-order valence-corrected chi connectivity index (χ2v) is 5.22. The van der Waals surface area contributed by atoms with Crippen LogP contribution in [0, 0.1) is 11.3 Å². The number of nitriles is 1. The smallest absolute Gasteiger partial charge is 0.273 e. The highest BCUT2D eigenvalue weighted by atomic mass is 16.2. The highest BCUT2D eigenvalue weighted by Crippen LogP contribution is 2.12. The molecule has 0 fully saturated rings. The second-order valence-electron chi connectivity index (χ2n) is 5.22. The van der Waals surface area contributed by atoms with E-state index >= 15 is 0 Å². The zero-order chi connectivity index (χ0) is 16.8. The van der Waals surface area contributed by atoms with Crippen molar-refractivity contribution < 1.29 is 4.79 Å². The fourth-order valence-corrected chi connectivity index (χ4v) is 2.37. The van der Waals surface area contributed by atoms with Crippen molar-refractivity contribution >= 4 is 11.7 Å². The summed E-state index contributed by atoms with van der Waals surface area (Å²) in [5.41, 5.74) is 2.42. The monoisotopic (exact) mass is 317 g/mol.